The van der Waals surface area contributed by atoms with Gasteiger partial charge in [-0.05, 0) is 37.0 Å². The summed E-state index contributed by atoms with van der Waals surface area (Å²) in [5.41, 5.74) is 0. The Morgan fingerprint density at radius 2 is 2.11 bits per heavy atom. The summed E-state index contributed by atoms with van der Waals surface area (Å²) in [7, 11) is 0. The standard InChI is InChI=1S/C13H22N2O2S/c1-8(16)15-12(7-18)13(17)14-6-11-5-9-2-3-10(11)4-9/h9-12,18H,2-7H2,1H3,(H,14,17)(H,15,16). The van der Waals surface area contributed by atoms with Crippen LogP contribution in [0.15, 0.2) is 0 Å². The number of nitrogens with one attached hydrogen (secondary N) is 2. The van der Waals surface area contributed by atoms with Crippen molar-refractivity contribution in [3.63, 3.8) is 0 Å². The van der Waals surface area contributed by atoms with E-state index in [4.69, 9.17) is 0 Å². The maximum absolute atomic E-state index is 11.9. The molecule has 2 aliphatic rings. The minimum atomic E-state index is -0.510. The quantitative estimate of drug-likeness (QED) is 0.652. The van der Waals surface area contributed by atoms with E-state index < -0.39 is 6.04 Å². The Morgan fingerprint density at radius 1 is 1.33 bits per heavy atom. The zero-order chi connectivity index (χ0) is 13.1. The van der Waals surface area contributed by atoms with Crippen LogP contribution in [0.25, 0.3) is 0 Å². The number of thiol groups is 1. The predicted molar refractivity (Wildman–Crippen MR) is 73.4 cm³/mol. The van der Waals surface area contributed by atoms with Crippen LogP contribution in [0.4, 0.5) is 0 Å². The Balaban J connectivity index is 1.75. The summed E-state index contributed by atoms with van der Waals surface area (Å²) in [5.74, 6) is 2.39. The van der Waals surface area contributed by atoms with Crippen LogP contribution in [0.1, 0.15) is 32.6 Å². The Hall–Kier alpha value is -0.710. The van der Waals surface area contributed by atoms with Gasteiger partial charge < -0.3 is 10.6 Å². The summed E-state index contributed by atoms with van der Waals surface area (Å²) in [4.78, 5) is 22.9. The summed E-state index contributed by atoms with van der Waals surface area (Å²) in [6.07, 6.45) is 5.31. The van der Waals surface area contributed by atoms with Crippen molar-refractivity contribution in [2.45, 2.75) is 38.6 Å². The molecule has 2 rings (SSSR count). The van der Waals surface area contributed by atoms with Crippen molar-refractivity contribution in [3.05, 3.63) is 0 Å². The summed E-state index contributed by atoms with van der Waals surface area (Å²) >= 11 is 4.10. The van der Waals surface area contributed by atoms with Gasteiger partial charge in [-0.1, -0.05) is 6.42 Å². The smallest absolute Gasteiger partial charge is 0.243 e. The molecular formula is C13H22N2O2S. The van der Waals surface area contributed by atoms with Gasteiger partial charge in [-0.3, -0.25) is 9.59 Å². The molecule has 4 nitrogen and oxygen atoms in total. The van der Waals surface area contributed by atoms with E-state index in [9.17, 15) is 9.59 Å². The fraction of sp³-hybridized carbons (Fsp3) is 0.846. The van der Waals surface area contributed by atoms with Gasteiger partial charge >= 0.3 is 0 Å². The first-order valence-electron chi connectivity index (χ1n) is 6.75. The molecule has 0 aromatic carbocycles. The third-order valence-electron chi connectivity index (χ3n) is 4.30. The number of fused-ring (bicyclic) bond motifs is 2. The van der Waals surface area contributed by atoms with Crippen LogP contribution in [-0.2, 0) is 9.59 Å². The van der Waals surface area contributed by atoms with Gasteiger partial charge in [0.2, 0.25) is 11.8 Å². The third kappa shape index (κ3) is 3.19. The predicted octanol–water partition coefficient (Wildman–Crippen LogP) is 0.973. The van der Waals surface area contributed by atoms with Crippen LogP contribution >= 0.6 is 12.6 Å². The van der Waals surface area contributed by atoms with Gasteiger partial charge in [0.25, 0.3) is 0 Å². The molecule has 2 fully saturated rings. The maximum Gasteiger partial charge on any atom is 0.243 e. The fourth-order valence-corrected chi connectivity index (χ4v) is 3.68. The average molecular weight is 270 g/mol. The van der Waals surface area contributed by atoms with Gasteiger partial charge in [0.15, 0.2) is 0 Å². The van der Waals surface area contributed by atoms with E-state index in [1.165, 1.54) is 32.6 Å². The molecule has 18 heavy (non-hydrogen) atoms. The van der Waals surface area contributed by atoms with Crippen LogP contribution < -0.4 is 10.6 Å². The minimum Gasteiger partial charge on any atom is -0.354 e. The van der Waals surface area contributed by atoms with Crippen molar-refractivity contribution < 1.29 is 9.59 Å². The molecule has 2 saturated carbocycles. The van der Waals surface area contributed by atoms with Crippen molar-refractivity contribution >= 4 is 24.4 Å². The largest absolute Gasteiger partial charge is 0.354 e. The van der Waals surface area contributed by atoms with Crippen molar-refractivity contribution in [1.82, 2.24) is 10.6 Å². The third-order valence-corrected chi connectivity index (χ3v) is 4.66. The number of hydrogen-bond donors (Lipinski definition) is 3. The highest BCUT2D eigenvalue weighted by molar-refractivity contribution is 7.80. The molecule has 0 aliphatic heterocycles. The zero-order valence-electron chi connectivity index (χ0n) is 10.8. The molecule has 2 bridgehead atoms. The van der Waals surface area contributed by atoms with Gasteiger partial charge in [-0.25, -0.2) is 0 Å². The van der Waals surface area contributed by atoms with Gasteiger partial charge in [-0.15, -0.1) is 0 Å². The lowest BCUT2D eigenvalue weighted by molar-refractivity contribution is -0.127. The highest BCUT2D eigenvalue weighted by Crippen LogP contribution is 2.47. The Bertz CT molecular complexity index is 335. The van der Waals surface area contributed by atoms with Crippen molar-refractivity contribution in [3.8, 4) is 0 Å². The number of rotatable bonds is 5. The highest BCUT2D eigenvalue weighted by Gasteiger charge is 2.39. The molecule has 2 N–H and O–H groups in total. The molecule has 102 valence electrons. The molecule has 0 aromatic rings. The lowest BCUT2D eigenvalue weighted by Crippen LogP contribution is -2.48. The Labute approximate surface area is 114 Å². The molecule has 0 heterocycles. The lowest BCUT2D eigenvalue weighted by Gasteiger charge is -2.23. The summed E-state index contributed by atoms with van der Waals surface area (Å²) in [5, 5.41) is 5.57. The van der Waals surface area contributed by atoms with Crippen LogP contribution in [0.3, 0.4) is 0 Å². The van der Waals surface area contributed by atoms with Gasteiger partial charge in [0.05, 0.1) is 0 Å². The first kappa shape index (κ1) is 13.7. The Kier molecular flexibility index (Phi) is 4.54. The minimum absolute atomic E-state index is 0.108. The summed E-state index contributed by atoms with van der Waals surface area (Å²) in [6.45, 7) is 2.17. The molecule has 0 spiro atoms. The lowest BCUT2D eigenvalue weighted by atomic mass is 9.89. The van der Waals surface area contributed by atoms with Crippen LogP contribution in [-0.4, -0.2) is 30.2 Å². The van der Waals surface area contributed by atoms with E-state index in [-0.39, 0.29) is 11.8 Å². The SMILES string of the molecule is CC(=O)NC(CS)C(=O)NCC1CC2CCC1C2. The number of carbonyl (C=O) groups is 2. The molecule has 0 aromatic heterocycles. The van der Waals surface area contributed by atoms with E-state index in [1.54, 1.807) is 0 Å². The second-order valence-electron chi connectivity index (χ2n) is 5.62. The van der Waals surface area contributed by atoms with Gasteiger partial charge in [0, 0.05) is 19.2 Å². The molecule has 5 heteroatoms. The Morgan fingerprint density at radius 3 is 2.61 bits per heavy atom. The van der Waals surface area contributed by atoms with Crippen molar-refractivity contribution in [2.75, 3.05) is 12.3 Å². The van der Waals surface area contributed by atoms with Crippen LogP contribution in [0, 0.1) is 17.8 Å². The van der Waals surface area contributed by atoms with Gasteiger partial charge in [0.1, 0.15) is 6.04 Å². The zero-order valence-corrected chi connectivity index (χ0v) is 11.7. The fourth-order valence-electron chi connectivity index (χ4n) is 3.42. The van der Waals surface area contributed by atoms with Crippen molar-refractivity contribution in [2.24, 2.45) is 17.8 Å². The first-order chi connectivity index (χ1) is 8.60. The van der Waals surface area contributed by atoms with Crippen molar-refractivity contribution in [1.29, 1.82) is 0 Å². The maximum atomic E-state index is 11.9. The molecule has 2 aliphatic carbocycles. The summed E-state index contributed by atoms with van der Waals surface area (Å²) in [6, 6.07) is -0.510. The van der Waals surface area contributed by atoms with Crippen LogP contribution in [0.2, 0.25) is 0 Å². The molecule has 0 saturated heterocycles. The topological polar surface area (TPSA) is 58.2 Å². The second kappa shape index (κ2) is 5.95. The normalized spacial score (nSPS) is 31.1. The van der Waals surface area contributed by atoms with E-state index in [0.717, 1.165) is 18.4 Å². The molecule has 4 unspecified atom stereocenters. The molecule has 0 radical (unpaired) electrons. The van der Waals surface area contributed by atoms with E-state index in [2.05, 4.69) is 23.3 Å². The molecule has 4 atom stereocenters. The number of hydrogen-bond acceptors (Lipinski definition) is 3. The monoisotopic (exact) mass is 270 g/mol. The highest BCUT2D eigenvalue weighted by atomic mass is 32.1. The number of carbonyl (C=O) groups excluding carboxylic acids is 2. The van der Waals surface area contributed by atoms with E-state index >= 15 is 0 Å². The van der Waals surface area contributed by atoms with Crippen LogP contribution in [0.5, 0.6) is 0 Å². The number of amides is 2. The average Bonchev–Trinajstić information content (AvgIpc) is 2.94. The van der Waals surface area contributed by atoms with E-state index in [1.807, 2.05) is 0 Å². The first-order valence-corrected chi connectivity index (χ1v) is 7.39. The molecule has 2 amide bonds. The second-order valence-corrected chi connectivity index (χ2v) is 5.98. The van der Waals surface area contributed by atoms with E-state index in [0.29, 0.717) is 11.7 Å². The molecular weight excluding hydrogens is 248 g/mol. The van der Waals surface area contributed by atoms with Gasteiger partial charge in [-0.2, -0.15) is 12.6 Å². The summed E-state index contributed by atoms with van der Waals surface area (Å²) < 4.78 is 0.